The van der Waals surface area contributed by atoms with Gasteiger partial charge in [0.05, 0.1) is 5.69 Å². The number of hydrogen-bond acceptors (Lipinski definition) is 4. The van der Waals surface area contributed by atoms with Crippen LogP contribution in [0.3, 0.4) is 0 Å². The van der Waals surface area contributed by atoms with E-state index in [-0.39, 0.29) is 12.0 Å². The van der Waals surface area contributed by atoms with Crippen molar-refractivity contribution in [1.82, 2.24) is 19.9 Å². The van der Waals surface area contributed by atoms with Crippen LogP contribution >= 0.6 is 0 Å². The first kappa shape index (κ1) is 16.6. The van der Waals surface area contributed by atoms with Crippen LogP contribution in [0.2, 0.25) is 0 Å². The Balaban J connectivity index is 1.63. The first-order valence-electron chi connectivity index (χ1n) is 8.35. The zero-order valence-corrected chi connectivity index (χ0v) is 14.3. The van der Waals surface area contributed by atoms with E-state index < -0.39 is 5.97 Å². The number of rotatable bonds is 5. The van der Waals surface area contributed by atoms with Gasteiger partial charge in [0, 0.05) is 37.7 Å². The van der Waals surface area contributed by atoms with Gasteiger partial charge in [-0.25, -0.2) is 4.68 Å². The van der Waals surface area contributed by atoms with Crippen molar-refractivity contribution in [3.8, 4) is 0 Å². The van der Waals surface area contributed by atoms with Crippen LogP contribution < -0.4 is 0 Å². The number of fused-ring (bicyclic) bond motifs is 1. The predicted octanol–water partition coefficient (Wildman–Crippen LogP) is 1.74. The zero-order chi connectivity index (χ0) is 17.2. The summed E-state index contributed by atoms with van der Waals surface area (Å²) in [5.74, 6) is -0.904. The van der Waals surface area contributed by atoms with Crippen LogP contribution in [0.1, 0.15) is 30.7 Å². The van der Waals surface area contributed by atoms with Crippen molar-refractivity contribution in [3.05, 3.63) is 47.3 Å². The second kappa shape index (κ2) is 6.73. The molecule has 24 heavy (non-hydrogen) atoms. The van der Waals surface area contributed by atoms with Crippen molar-refractivity contribution in [2.75, 3.05) is 19.6 Å². The Morgan fingerprint density at radius 3 is 2.92 bits per heavy atom. The smallest absolute Gasteiger partial charge is 0.325 e. The Hall–Kier alpha value is -2.21. The zero-order valence-electron chi connectivity index (χ0n) is 14.3. The summed E-state index contributed by atoms with van der Waals surface area (Å²) in [6, 6.07) is 8.72. The van der Waals surface area contributed by atoms with Gasteiger partial charge in [-0.2, -0.15) is 0 Å². The number of hydrogen-bond donors (Lipinski definition) is 1. The number of nitrogens with zero attached hydrogens (tertiary/aromatic N) is 4. The number of carboxylic acids is 1. The lowest BCUT2D eigenvalue weighted by atomic mass is 9.82. The number of aromatic nitrogens is 3. The van der Waals surface area contributed by atoms with Crippen molar-refractivity contribution < 1.29 is 9.90 Å². The molecule has 0 unspecified atom stereocenters. The minimum Gasteiger partial charge on any atom is -0.480 e. The molecular formula is C18H24N4O2. The van der Waals surface area contributed by atoms with Crippen LogP contribution in [0.15, 0.2) is 30.5 Å². The molecule has 0 saturated carbocycles. The number of carboxylic acid groups (broad SMARTS) is 1. The quantitative estimate of drug-likeness (QED) is 0.905. The second-order valence-electron chi connectivity index (χ2n) is 7.12. The van der Waals surface area contributed by atoms with Gasteiger partial charge in [0.25, 0.3) is 0 Å². The fourth-order valence-electron chi connectivity index (χ4n) is 3.53. The first-order chi connectivity index (χ1) is 11.4. The topological polar surface area (TPSA) is 71.2 Å². The average molecular weight is 328 g/mol. The van der Waals surface area contributed by atoms with Gasteiger partial charge >= 0.3 is 5.97 Å². The Labute approximate surface area is 142 Å². The summed E-state index contributed by atoms with van der Waals surface area (Å²) in [6.45, 7) is 7.40. The van der Waals surface area contributed by atoms with Gasteiger partial charge in [-0.15, -0.1) is 5.10 Å². The Bertz CT molecular complexity index is 723. The number of benzene rings is 1. The maximum absolute atomic E-state index is 10.7. The summed E-state index contributed by atoms with van der Waals surface area (Å²) in [7, 11) is 0. The molecule has 2 heterocycles. The molecule has 0 aliphatic carbocycles. The Kier molecular flexibility index (Phi) is 4.66. The fraction of sp³-hybridized carbons (Fsp3) is 0.500. The second-order valence-corrected chi connectivity index (χ2v) is 7.12. The third kappa shape index (κ3) is 3.82. The van der Waals surface area contributed by atoms with Crippen LogP contribution in [0.4, 0.5) is 0 Å². The summed E-state index contributed by atoms with van der Waals surface area (Å²) in [4.78, 5) is 13.2. The van der Waals surface area contributed by atoms with Crippen molar-refractivity contribution in [1.29, 1.82) is 0 Å². The van der Waals surface area contributed by atoms with Gasteiger partial charge in [0.15, 0.2) is 0 Å². The molecule has 0 amide bonds. The maximum Gasteiger partial charge on any atom is 0.325 e. The molecule has 1 aliphatic rings. The summed E-state index contributed by atoms with van der Waals surface area (Å²) >= 11 is 0. The molecular weight excluding hydrogens is 304 g/mol. The van der Waals surface area contributed by atoms with Crippen LogP contribution in [-0.2, 0) is 29.6 Å². The number of carbonyl (C=O) groups is 1. The van der Waals surface area contributed by atoms with Gasteiger partial charge in [-0.3, -0.25) is 4.79 Å². The van der Waals surface area contributed by atoms with E-state index in [1.807, 2.05) is 0 Å². The third-order valence-corrected chi connectivity index (χ3v) is 4.63. The van der Waals surface area contributed by atoms with Gasteiger partial charge in [-0.1, -0.05) is 43.3 Å². The molecule has 1 N–H and O–H groups in total. The van der Waals surface area contributed by atoms with Crippen LogP contribution in [0, 0.1) is 0 Å². The molecule has 1 aromatic carbocycles. The molecule has 0 spiro atoms. The molecule has 0 fully saturated rings. The van der Waals surface area contributed by atoms with E-state index >= 15 is 0 Å². The monoisotopic (exact) mass is 328 g/mol. The molecule has 3 rings (SSSR count). The SMILES string of the molecule is CC1(C)CN(CCc2cn(CC(=O)O)nn2)CCc2ccccc21. The largest absolute Gasteiger partial charge is 0.480 e. The van der Waals surface area contributed by atoms with E-state index in [0.29, 0.717) is 0 Å². The van der Waals surface area contributed by atoms with E-state index in [1.165, 1.54) is 15.8 Å². The van der Waals surface area contributed by atoms with Crippen molar-refractivity contribution in [2.45, 2.75) is 38.6 Å². The van der Waals surface area contributed by atoms with E-state index in [1.54, 1.807) is 6.20 Å². The minimum absolute atomic E-state index is 0.119. The van der Waals surface area contributed by atoms with Crippen molar-refractivity contribution in [2.24, 2.45) is 0 Å². The maximum atomic E-state index is 10.7. The van der Waals surface area contributed by atoms with Crippen LogP contribution in [0.5, 0.6) is 0 Å². The molecule has 2 aromatic rings. The summed E-state index contributed by atoms with van der Waals surface area (Å²) in [6.07, 6.45) is 3.57. The third-order valence-electron chi connectivity index (χ3n) is 4.63. The molecule has 0 atom stereocenters. The highest BCUT2D eigenvalue weighted by Crippen LogP contribution is 2.30. The van der Waals surface area contributed by atoms with Gasteiger partial charge in [0.1, 0.15) is 6.54 Å². The summed E-state index contributed by atoms with van der Waals surface area (Å²) in [5.41, 5.74) is 3.85. The standard InChI is InChI=1S/C18H24N4O2/c1-18(2)13-21(9-7-14-5-3-4-6-16(14)18)10-8-15-11-22(20-19-15)12-17(23)24/h3-6,11H,7-10,12-13H2,1-2H3,(H,23,24). The first-order valence-corrected chi connectivity index (χ1v) is 8.35. The lowest BCUT2D eigenvalue weighted by molar-refractivity contribution is -0.137. The Morgan fingerprint density at radius 2 is 2.12 bits per heavy atom. The average Bonchev–Trinajstić information content (AvgIpc) is 2.91. The van der Waals surface area contributed by atoms with Crippen LogP contribution in [0.25, 0.3) is 0 Å². The van der Waals surface area contributed by atoms with E-state index in [2.05, 4.69) is 53.3 Å². The molecule has 128 valence electrons. The van der Waals surface area contributed by atoms with E-state index in [0.717, 1.165) is 38.2 Å². The molecule has 0 saturated heterocycles. The molecule has 0 radical (unpaired) electrons. The predicted molar refractivity (Wildman–Crippen MR) is 91.0 cm³/mol. The van der Waals surface area contributed by atoms with Gasteiger partial charge in [0.2, 0.25) is 0 Å². The van der Waals surface area contributed by atoms with E-state index in [9.17, 15) is 4.79 Å². The summed E-state index contributed by atoms with van der Waals surface area (Å²) < 4.78 is 1.37. The fourth-order valence-corrected chi connectivity index (χ4v) is 3.53. The number of aliphatic carboxylic acids is 1. The normalized spacial score (nSPS) is 17.2. The molecule has 6 heteroatoms. The summed E-state index contributed by atoms with van der Waals surface area (Å²) in [5, 5.41) is 16.7. The van der Waals surface area contributed by atoms with E-state index in [4.69, 9.17) is 5.11 Å². The molecule has 1 aromatic heterocycles. The Morgan fingerprint density at radius 1 is 1.33 bits per heavy atom. The molecule has 0 bridgehead atoms. The highest BCUT2D eigenvalue weighted by atomic mass is 16.4. The lowest BCUT2D eigenvalue weighted by Crippen LogP contribution is -2.37. The molecule has 6 nitrogen and oxygen atoms in total. The van der Waals surface area contributed by atoms with Gasteiger partial charge < -0.3 is 10.0 Å². The minimum atomic E-state index is -0.904. The van der Waals surface area contributed by atoms with Crippen molar-refractivity contribution >= 4 is 5.97 Å². The highest BCUT2D eigenvalue weighted by molar-refractivity contribution is 5.66. The van der Waals surface area contributed by atoms with Crippen molar-refractivity contribution in [3.63, 3.8) is 0 Å². The van der Waals surface area contributed by atoms with Gasteiger partial charge in [-0.05, 0) is 17.5 Å². The molecule has 1 aliphatic heterocycles. The highest BCUT2D eigenvalue weighted by Gasteiger charge is 2.29. The van der Waals surface area contributed by atoms with Crippen LogP contribution in [-0.4, -0.2) is 50.6 Å². The lowest BCUT2D eigenvalue weighted by Gasteiger charge is -2.30.